The minimum Gasteiger partial charge on any atom is -0.383 e. The minimum atomic E-state index is -2.88. The summed E-state index contributed by atoms with van der Waals surface area (Å²) in [6, 6.07) is 0. The van der Waals surface area contributed by atoms with Gasteiger partial charge in [-0.25, -0.2) is 18.4 Å². The van der Waals surface area contributed by atoms with Crippen molar-refractivity contribution >= 4 is 21.5 Å². The van der Waals surface area contributed by atoms with Crippen LogP contribution in [0.25, 0.3) is 0 Å². The largest absolute Gasteiger partial charge is 0.383 e. The molecule has 0 radical (unpaired) electrons. The summed E-state index contributed by atoms with van der Waals surface area (Å²) in [6.45, 7) is 2.87. The number of nitrogens with zero attached hydrogens (tertiary/aromatic N) is 3. The molecule has 0 atom stereocenters. The van der Waals surface area contributed by atoms with E-state index < -0.39 is 9.84 Å². The number of nitrogen functional groups attached to an aromatic ring is 1. The van der Waals surface area contributed by atoms with Crippen molar-refractivity contribution in [2.75, 3.05) is 35.2 Å². The number of hydrogen-bond donors (Lipinski definition) is 1. The fourth-order valence-corrected chi connectivity index (χ4v) is 3.50. The van der Waals surface area contributed by atoms with Crippen LogP contribution < -0.4 is 10.6 Å². The molecule has 2 aliphatic rings. The Balaban J connectivity index is 1.91. The fourth-order valence-electron chi connectivity index (χ4n) is 2.30. The second-order valence-electron chi connectivity index (χ2n) is 5.33. The van der Waals surface area contributed by atoms with E-state index in [9.17, 15) is 8.42 Å². The zero-order valence-electron chi connectivity index (χ0n) is 11.0. The van der Waals surface area contributed by atoms with E-state index in [1.54, 1.807) is 0 Å². The number of sulfone groups is 1. The van der Waals surface area contributed by atoms with E-state index in [-0.39, 0.29) is 11.5 Å². The van der Waals surface area contributed by atoms with Crippen molar-refractivity contribution < 1.29 is 8.42 Å². The predicted octanol–water partition coefficient (Wildman–Crippen LogP) is 0.479. The molecule has 7 heteroatoms. The van der Waals surface area contributed by atoms with E-state index in [4.69, 9.17) is 5.73 Å². The molecule has 104 valence electrons. The van der Waals surface area contributed by atoms with Crippen LogP contribution in [0, 0.1) is 6.92 Å². The number of anilines is 2. The average Bonchev–Trinajstić information content (AvgIpc) is 3.17. The molecule has 2 heterocycles. The van der Waals surface area contributed by atoms with Crippen LogP contribution in [0.4, 0.5) is 11.6 Å². The quantitative estimate of drug-likeness (QED) is 0.848. The molecule has 0 spiro atoms. The van der Waals surface area contributed by atoms with Crippen molar-refractivity contribution in [3.05, 3.63) is 11.4 Å². The highest BCUT2D eigenvalue weighted by Gasteiger charge is 2.30. The van der Waals surface area contributed by atoms with Crippen molar-refractivity contribution in [2.24, 2.45) is 0 Å². The molecule has 1 saturated carbocycles. The van der Waals surface area contributed by atoms with Crippen molar-refractivity contribution in [3.63, 3.8) is 0 Å². The lowest BCUT2D eigenvalue weighted by Gasteiger charge is -2.29. The maximum Gasteiger partial charge on any atom is 0.153 e. The molecule has 2 N–H and O–H groups in total. The third-order valence-corrected chi connectivity index (χ3v) is 5.37. The molecule has 0 aromatic carbocycles. The lowest BCUT2D eigenvalue weighted by Crippen LogP contribution is -2.41. The van der Waals surface area contributed by atoms with Gasteiger partial charge in [0.1, 0.15) is 17.5 Å². The Labute approximate surface area is 113 Å². The number of hydrogen-bond acceptors (Lipinski definition) is 6. The van der Waals surface area contributed by atoms with E-state index in [2.05, 4.69) is 9.97 Å². The second-order valence-corrected chi connectivity index (χ2v) is 7.63. The van der Waals surface area contributed by atoms with E-state index in [1.807, 2.05) is 11.8 Å². The third kappa shape index (κ3) is 2.51. The SMILES string of the molecule is Cc1c(N)nc(C2CC2)nc1N1CCS(=O)(=O)CC1. The summed E-state index contributed by atoms with van der Waals surface area (Å²) in [5.41, 5.74) is 6.80. The molecule has 19 heavy (non-hydrogen) atoms. The first kappa shape index (κ1) is 12.7. The van der Waals surface area contributed by atoms with Crippen LogP contribution >= 0.6 is 0 Å². The molecule has 3 rings (SSSR count). The van der Waals surface area contributed by atoms with E-state index in [0.717, 1.165) is 30.0 Å². The first-order valence-electron chi connectivity index (χ1n) is 6.56. The van der Waals surface area contributed by atoms with Gasteiger partial charge in [-0.05, 0) is 19.8 Å². The van der Waals surface area contributed by atoms with Gasteiger partial charge in [-0.15, -0.1) is 0 Å². The van der Waals surface area contributed by atoms with Gasteiger partial charge in [0.05, 0.1) is 11.5 Å². The summed E-state index contributed by atoms with van der Waals surface area (Å²) in [5, 5.41) is 0. The van der Waals surface area contributed by atoms with Gasteiger partial charge in [0.15, 0.2) is 9.84 Å². The van der Waals surface area contributed by atoms with Gasteiger partial charge in [0, 0.05) is 24.6 Å². The standard InChI is InChI=1S/C12H18N4O2S/c1-8-10(13)14-11(9-2-3-9)15-12(8)16-4-6-19(17,18)7-5-16/h9H,2-7H2,1H3,(H2,13,14,15). The summed E-state index contributed by atoms with van der Waals surface area (Å²) < 4.78 is 23.0. The Morgan fingerprint density at radius 1 is 1.21 bits per heavy atom. The second kappa shape index (κ2) is 4.33. The monoisotopic (exact) mass is 282 g/mol. The summed E-state index contributed by atoms with van der Waals surface area (Å²) in [6.07, 6.45) is 2.24. The van der Waals surface area contributed by atoms with E-state index in [1.165, 1.54) is 0 Å². The zero-order valence-corrected chi connectivity index (χ0v) is 11.8. The summed E-state index contributed by atoms with van der Waals surface area (Å²) in [4.78, 5) is 11.0. The van der Waals surface area contributed by atoms with Crippen LogP contribution in [0.15, 0.2) is 0 Å². The van der Waals surface area contributed by atoms with Crippen LogP contribution in [0.1, 0.15) is 30.1 Å². The molecule has 1 saturated heterocycles. The Bertz CT molecular complexity index is 596. The Hall–Kier alpha value is -1.37. The molecule has 1 aromatic rings. The molecule has 0 bridgehead atoms. The highest BCUT2D eigenvalue weighted by atomic mass is 32.2. The van der Waals surface area contributed by atoms with Crippen molar-refractivity contribution in [1.82, 2.24) is 9.97 Å². The van der Waals surface area contributed by atoms with Crippen LogP contribution in [0.3, 0.4) is 0 Å². The number of nitrogens with two attached hydrogens (primary N) is 1. The van der Waals surface area contributed by atoms with Crippen LogP contribution in [0.5, 0.6) is 0 Å². The molecule has 6 nitrogen and oxygen atoms in total. The maximum atomic E-state index is 11.5. The molecule has 1 aromatic heterocycles. The lowest BCUT2D eigenvalue weighted by atomic mass is 10.2. The van der Waals surface area contributed by atoms with Crippen molar-refractivity contribution in [1.29, 1.82) is 0 Å². The molecule has 0 amide bonds. The lowest BCUT2D eigenvalue weighted by molar-refractivity contribution is 0.586. The van der Waals surface area contributed by atoms with Crippen LogP contribution in [-0.4, -0.2) is 43.0 Å². The van der Waals surface area contributed by atoms with Gasteiger partial charge in [0.25, 0.3) is 0 Å². The minimum absolute atomic E-state index is 0.190. The van der Waals surface area contributed by atoms with Crippen molar-refractivity contribution in [3.8, 4) is 0 Å². The Morgan fingerprint density at radius 3 is 2.42 bits per heavy atom. The van der Waals surface area contributed by atoms with Crippen molar-refractivity contribution in [2.45, 2.75) is 25.7 Å². The normalized spacial score (nSPS) is 22.5. The van der Waals surface area contributed by atoms with Gasteiger partial charge in [-0.1, -0.05) is 0 Å². The number of rotatable bonds is 2. The van der Waals surface area contributed by atoms with Gasteiger partial charge in [-0.3, -0.25) is 0 Å². The van der Waals surface area contributed by atoms with Gasteiger partial charge >= 0.3 is 0 Å². The highest BCUT2D eigenvalue weighted by Crippen LogP contribution is 2.39. The molecule has 0 unspecified atom stereocenters. The van der Waals surface area contributed by atoms with E-state index >= 15 is 0 Å². The van der Waals surface area contributed by atoms with Gasteiger partial charge < -0.3 is 10.6 Å². The first-order chi connectivity index (χ1) is 8.96. The van der Waals surface area contributed by atoms with Gasteiger partial charge in [-0.2, -0.15) is 0 Å². The molecular weight excluding hydrogens is 264 g/mol. The highest BCUT2D eigenvalue weighted by molar-refractivity contribution is 7.91. The maximum absolute atomic E-state index is 11.5. The molecule has 2 fully saturated rings. The van der Waals surface area contributed by atoms with Gasteiger partial charge in [0.2, 0.25) is 0 Å². The van der Waals surface area contributed by atoms with Crippen LogP contribution in [-0.2, 0) is 9.84 Å². The molecule has 1 aliphatic carbocycles. The van der Waals surface area contributed by atoms with E-state index in [0.29, 0.717) is 24.8 Å². The average molecular weight is 282 g/mol. The molecule has 1 aliphatic heterocycles. The molecular formula is C12H18N4O2S. The fraction of sp³-hybridized carbons (Fsp3) is 0.667. The Kier molecular flexibility index (Phi) is 2.88. The third-order valence-electron chi connectivity index (χ3n) is 3.76. The number of aromatic nitrogens is 2. The predicted molar refractivity (Wildman–Crippen MR) is 74.0 cm³/mol. The van der Waals surface area contributed by atoms with Crippen LogP contribution in [0.2, 0.25) is 0 Å². The Morgan fingerprint density at radius 2 is 1.84 bits per heavy atom. The first-order valence-corrected chi connectivity index (χ1v) is 8.38. The summed E-state index contributed by atoms with van der Waals surface area (Å²) >= 11 is 0. The smallest absolute Gasteiger partial charge is 0.153 e. The zero-order chi connectivity index (χ0) is 13.6. The topological polar surface area (TPSA) is 89.2 Å². The summed E-state index contributed by atoms with van der Waals surface area (Å²) in [5.74, 6) is 2.95. The summed E-state index contributed by atoms with van der Waals surface area (Å²) in [7, 11) is -2.88.